The minimum absolute atomic E-state index is 0. The van der Waals surface area contributed by atoms with Crippen LogP contribution in [-0.2, 0) is 14.8 Å². The molecule has 1 heterocycles. The minimum atomic E-state index is -3.67. The Bertz CT molecular complexity index is 666. The molecule has 1 fully saturated rings. The van der Waals surface area contributed by atoms with Crippen molar-refractivity contribution in [2.45, 2.75) is 43.7 Å². The molecule has 1 aliphatic rings. The average molecular weight is 379 g/mol. The highest BCUT2D eigenvalue weighted by atomic mass is 35.5. The number of aryl methyl sites for hydroxylation is 2. The van der Waals surface area contributed by atoms with Crippen LogP contribution in [0.4, 0.5) is 0 Å². The molecule has 1 aromatic carbocycles. The second-order valence-electron chi connectivity index (χ2n) is 6.00. The fourth-order valence-corrected chi connectivity index (χ4v) is 5.21. The summed E-state index contributed by atoms with van der Waals surface area (Å²) in [6, 6.07) is 3.32. The maximum atomic E-state index is 13.2. The smallest absolute Gasteiger partial charge is 0.247 e. The summed E-state index contributed by atoms with van der Waals surface area (Å²) in [6.07, 6.45) is 1.33. The summed E-state index contributed by atoms with van der Waals surface area (Å²) in [5.74, 6) is 0.403. The number of rotatable bonds is 5. The maximum Gasteiger partial charge on any atom is 0.247 e. The molecule has 1 saturated heterocycles. The molecular formula is C16H27ClN2O4S. The molecule has 138 valence electrons. The van der Waals surface area contributed by atoms with Crippen LogP contribution in [0, 0.1) is 13.8 Å². The largest absolute Gasteiger partial charge is 0.495 e. The minimum Gasteiger partial charge on any atom is -0.495 e. The molecule has 0 saturated carbocycles. The zero-order valence-corrected chi connectivity index (χ0v) is 16.2. The van der Waals surface area contributed by atoms with Gasteiger partial charge in [0.2, 0.25) is 10.0 Å². The lowest BCUT2D eigenvalue weighted by Gasteiger charge is -2.37. The molecule has 0 radical (unpaired) electrons. The average Bonchev–Trinajstić information content (AvgIpc) is 2.53. The van der Waals surface area contributed by atoms with Crippen molar-refractivity contribution < 1.29 is 17.9 Å². The van der Waals surface area contributed by atoms with E-state index in [1.165, 1.54) is 11.4 Å². The molecule has 8 heteroatoms. The van der Waals surface area contributed by atoms with E-state index in [1.807, 2.05) is 19.9 Å². The highest BCUT2D eigenvalue weighted by Crippen LogP contribution is 2.34. The molecule has 0 spiro atoms. The first kappa shape index (κ1) is 21.2. The van der Waals surface area contributed by atoms with Gasteiger partial charge in [-0.05, 0) is 43.9 Å². The van der Waals surface area contributed by atoms with Crippen LogP contribution in [0.1, 0.15) is 24.0 Å². The second-order valence-corrected chi connectivity index (χ2v) is 7.86. The van der Waals surface area contributed by atoms with Gasteiger partial charge in [-0.15, -0.1) is 12.4 Å². The third-order valence-electron chi connectivity index (χ3n) is 4.39. The van der Waals surface area contributed by atoms with Gasteiger partial charge in [-0.1, -0.05) is 6.07 Å². The van der Waals surface area contributed by atoms with Crippen LogP contribution in [0.5, 0.6) is 5.75 Å². The van der Waals surface area contributed by atoms with Crippen LogP contribution in [0.25, 0.3) is 0 Å². The molecule has 0 aliphatic carbocycles. The standard InChI is InChI=1S/C16H26N2O4S.ClH/c1-11-7-12(2)16(22-4)15(8-11)23(19,20)18-6-5-14(21-3)9-13(18)10-17;/h7-8,13-14H,5-6,9-10,17H2,1-4H3;1H. The van der Waals surface area contributed by atoms with Crippen molar-refractivity contribution in [2.75, 3.05) is 27.3 Å². The van der Waals surface area contributed by atoms with Crippen molar-refractivity contribution in [1.82, 2.24) is 4.31 Å². The number of nitrogens with two attached hydrogens (primary N) is 1. The van der Waals surface area contributed by atoms with Gasteiger partial charge in [-0.3, -0.25) is 0 Å². The van der Waals surface area contributed by atoms with E-state index in [2.05, 4.69) is 0 Å². The third kappa shape index (κ3) is 4.03. The van der Waals surface area contributed by atoms with Gasteiger partial charge in [0.05, 0.1) is 13.2 Å². The monoisotopic (exact) mass is 378 g/mol. The molecule has 2 rings (SSSR count). The Balaban J connectivity index is 0.00000288. The van der Waals surface area contributed by atoms with Crippen molar-refractivity contribution >= 4 is 22.4 Å². The van der Waals surface area contributed by atoms with E-state index in [9.17, 15) is 8.42 Å². The highest BCUT2D eigenvalue weighted by Gasteiger charge is 2.38. The van der Waals surface area contributed by atoms with Gasteiger partial charge in [0.25, 0.3) is 0 Å². The van der Waals surface area contributed by atoms with Crippen LogP contribution in [0.3, 0.4) is 0 Å². The number of halogens is 1. The number of sulfonamides is 1. The van der Waals surface area contributed by atoms with E-state index in [4.69, 9.17) is 15.2 Å². The lowest BCUT2D eigenvalue weighted by atomic mass is 10.0. The second kappa shape index (κ2) is 8.49. The number of methoxy groups -OCH3 is 2. The van der Waals surface area contributed by atoms with Crippen molar-refractivity contribution in [1.29, 1.82) is 0 Å². The molecule has 0 aromatic heterocycles. The topological polar surface area (TPSA) is 81.9 Å². The summed E-state index contributed by atoms with van der Waals surface area (Å²) in [5.41, 5.74) is 7.52. The Morgan fingerprint density at radius 2 is 1.96 bits per heavy atom. The summed E-state index contributed by atoms with van der Waals surface area (Å²) >= 11 is 0. The lowest BCUT2D eigenvalue weighted by molar-refractivity contribution is 0.0401. The van der Waals surface area contributed by atoms with E-state index >= 15 is 0 Å². The molecule has 6 nitrogen and oxygen atoms in total. The van der Waals surface area contributed by atoms with Crippen molar-refractivity contribution in [3.63, 3.8) is 0 Å². The first-order valence-electron chi connectivity index (χ1n) is 7.75. The molecule has 2 unspecified atom stereocenters. The zero-order chi connectivity index (χ0) is 17.2. The Morgan fingerprint density at radius 3 is 2.50 bits per heavy atom. The number of hydrogen-bond acceptors (Lipinski definition) is 5. The first-order chi connectivity index (χ1) is 10.8. The van der Waals surface area contributed by atoms with Crippen LogP contribution < -0.4 is 10.5 Å². The Morgan fingerprint density at radius 1 is 1.29 bits per heavy atom. The van der Waals surface area contributed by atoms with E-state index in [-0.39, 0.29) is 36.0 Å². The van der Waals surface area contributed by atoms with Gasteiger partial charge in [-0.25, -0.2) is 8.42 Å². The first-order valence-corrected chi connectivity index (χ1v) is 9.19. The van der Waals surface area contributed by atoms with E-state index < -0.39 is 10.0 Å². The normalized spacial score (nSPS) is 22.0. The van der Waals surface area contributed by atoms with Gasteiger partial charge in [-0.2, -0.15) is 4.31 Å². The summed E-state index contributed by atoms with van der Waals surface area (Å²) in [5, 5.41) is 0. The van der Waals surface area contributed by atoms with Gasteiger partial charge >= 0.3 is 0 Å². The molecule has 1 aromatic rings. The summed E-state index contributed by atoms with van der Waals surface area (Å²) in [7, 11) is -0.527. The number of hydrogen-bond donors (Lipinski definition) is 1. The highest BCUT2D eigenvalue weighted by molar-refractivity contribution is 7.89. The third-order valence-corrected chi connectivity index (χ3v) is 6.35. The SMILES string of the molecule is COc1c(C)cc(C)cc1S(=O)(=O)N1CCC(OC)CC1CN.Cl. The predicted molar refractivity (Wildman–Crippen MR) is 96.5 cm³/mol. The zero-order valence-electron chi connectivity index (χ0n) is 14.6. The van der Waals surface area contributed by atoms with Crippen molar-refractivity contribution in [3.8, 4) is 5.75 Å². The maximum absolute atomic E-state index is 13.2. The van der Waals surface area contributed by atoms with Crippen LogP contribution >= 0.6 is 12.4 Å². The molecule has 24 heavy (non-hydrogen) atoms. The predicted octanol–water partition coefficient (Wildman–Crippen LogP) is 1.86. The van der Waals surface area contributed by atoms with Crippen LogP contribution in [0.15, 0.2) is 17.0 Å². The van der Waals surface area contributed by atoms with Gasteiger partial charge < -0.3 is 15.2 Å². The quantitative estimate of drug-likeness (QED) is 0.845. The fourth-order valence-electron chi connectivity index (χ4n) is 3.23. The molecule has 0 amide bonds. The summed E-state index contributed by atoms with van der Waals surface area (Å²) in [4.78, 5) is 0.215. The van der Waals surface area contributed by atoms with Gasteiger partial charge in [0.15, 0.2) is 0 Å². The van der Waals surface area contributed by atoms with Gasteiger partial charge in [0, 0.05) is 26.2 Å². The molecule has 2 atom stereocenters. The van der Waals surface area contributed by atoms with Crippen LogP contribution in [-0.4, -0.2) is 52.2 Å². The molecular weight excluding hydrogens is 352 g/mol. The summed E-state index contributed by atoms with van der Waals surface area (Å²) in [6.45, 7) is 4.40. The number of benzene rings is 1. The van der Waals surface area contributed by atoms with E-state index in [0.29, 0.717) is 25.1 Å². The van der Waals surface area contributed by atoms with Crippen molar-refractivity contribution in [2.24, 2.45) is 5.73 Å². The van der Waals surface area contributed by atoms with E-state index in [0.717, 1.165) is 11.1 Å². The van der Waals surface area contributed by atoms with Gasteiger partial charge in [0.1, 0.15) is 10.6 Å². The number of ether oxygens (including phenoxy) is 2. The molecule has 0 bridgehead atoms. The lowest BCUT2D eigenvalue weighted by Crippen LogP contribution is -2.51. The summed E-state index contributed by atoms with van der Waals surface area (Å²) < 4.78 is 38.6. The molecule has 2 N–H and O–H groups in total. The van der Waals surface area contributed by atoms with Crippen LogP contribution in [0.2, 0.25) is 0 Å². The van der Waals surface area contributed by atoms with E-state index in [1.54, 1.807) is 13.2 Å². The van der Waals surface area contributed by atoms with Crippen molar-refractivity contribution in [3.05, 3.63) is 23.3 Å². The molecule has 1 aliphatic heterocycles. The fraction of sp³-hybridized carbons (Fsp3) is 0.625. The Labute approximate surface area is 150 Å². The number of piperidine rings is 1. The Kier molecular flexibility index (Phi) is 7.49. The Hall–Kier alpha value is -0.860. The number of nitrogens with zero attached hydrogens (tertiary/aromatic N) is 1.